The highest BCUT2D eigenvalue weighted by Gasteiger charge is 2.39. The van der Waals surface area contributed by atoms with Crippen molar-refractivity contribution in [2.45, 2.75) is 19.3 Å². The standard InChI is InChI=1S/C55H42N2/c1-55(2)50-26-14-15-27-51(50)57(52-28-16-25-47(53(52)55)41-19-8-4-9-20-41)54-48-24-13-12-21-42(48)33-38-49(54)43-31-36-46(37-32-43)56(44-22-10-5-11-23-44)45-34-29-40(30-35-45)39-17-6-3-7-18-39/h3-38H,1-2H3. The molecule has 272 valence electrons. The molecule has 9 aromatic carbocycles. The Labute approximate surface area is 335 Å². The van der Waals surface area contributed by atoms with Crippen LogP contribution in [-0.2, 0) is 5.41 Å². The lowest BCUT2D eigenvalue weighted by Gasteiger charge is -2.44. The fourth-order valence-electron chi connectivity index (χ4n) is 8.92. The van der Waals surface area contributed by atoms with Crippen LogP contribution in [0.4, 0.5) is 34.1 Å². The summed E-state index contributed by atoms with van der Waals surface area (Å²) in [7, 11) is 0. The molecule has 0 spiro atoms. The number of anilines is 6. The predicted octanol–water partition coefficient (Wildman–Crippen LogP) is 15.4. The Kier molecular flexibility index (Phi) is 8.53. The molecule has 0 aromatic heterocycles. The van der Waals surface area contributed by atoms with E-state index >= 15 is 0 Å². The van der Waals surface area contributed by atoms with Gasteiger partial charge in [-0.1, -0.05) is 184 Å². The van der Waals surface area contributed by atoms with Crippen molar-refractivity contribution in [3.05, 3.63) is 230 Å². The highest BCUT2D eigenvalue weighted by atomic mass is 15.2. The lowest BCUT2D eigenvalue weighted by atomic mass is 9.70. The monoisotopic (exact) mass is 730 g/mol. The van der Waals surface area contributed by atoms with Gasteiger partial charge in [0, 0.05) is 33.4 Å². The third kappa shape index (κ3) is 5.98. The molecule has 2 heteroatoms. The van der Waals surface area contributed by atoms with Gasteiger partial charge in [0.05, 0.1) is 17.1 Å². The molecule has 0 unspecified atom stereocenters. The molecule has 57 heavy (non-hydrogen) atoms. The molecule has 0 bridgehead atoms. The van der Waals surface area contributed by atoms with E-state index < -0.39 is 0 Å². The maximum Gasteiger partial charge on any atom is 0.0618 e. The van der Waals surface area contributed by atoms with E-state index in [1.54, 1.807) is 0 Å². The molecule has 0 saturated carbocycles. The first-order valence-corrected chi connectivity index (χ1v) is 19.8. The normalized spacial score (nSPS) is 12.8. The third-order valence-electron chi connectivity index (χ3n) is 11.6. The van der Waals surface area contributed by atoms with Crippen molar-refractivity contribution in [1.82, 2.24) is 0 Å². The number of fused-ring (bicyclic) bond motifs is 3. The van der Waals surface area contributed by atoms with Crippen LogP contribution in [0.5, 0.6) is 0 Å². The van der Waals surface area contributed by atoms with Gasteiger partial charge < -0.3 is 9.80 Å². The van der Waals surface area contributed by atoms with Gasteiger partial charge in [0.25, 0.3) is 0 Å². The lowest BCUT2D eigenvalue weighted by molar-refractivity contribution is 0.634. The number of nitrogens with zero attached hydrogens (tertiary/aromatic N) is 2. The fourth-order valence-corrected chi connectivity index (χ4v) is 8.92. The highest BCUT2D eigenvalue weighted by Crippen LogP contribution is 2.57. The van der Waals surface area contributed by atoms with Gasteiger partial charge in [-0.05, 0) is 92.9 Å². The number of rotatable bonds is 7. The second-order valence-electron chi connectivity index (χ2n) is 15.4. The number of hydrogen-bond donors (Lipinski definition) is 0. The van der Waals surface area contributed by atoms with E-state index in [2.05, 4.69) is 242 Å². The zero-order chi connectivity index (χ0) is 38.3. The van der Waals surface area contributed by atoms with E-state index in [0.717, 1.165) is 22.6 Å². The Hall–Kier alpha value is -7.16. The second kappa shape index (κ2) is 14.2. The Morgan fingerprint density at radius 3 is 1.58 bits per heavy atom. The van der Waals surface area contributed by atoms with E-state index in [1.165, 1.54) is 66.8 Å². The van der Waals surface area contributed by atoms with E-state index in [-0.39, 0.29) is 5.41 Å². The summed E-state index contributed by atoms with van der Waals surface area (Å²) < 4.78 is 0. The summed E-state index contributed by atoms with van der Waals surface area (Å²) in [5.74, 6) is 0. The van der Waals surface area contributed by atoms with Crippen molar-refractivity contribution >= 4 is 44.9 Å². The zero-order valence-corrected chi connectivity index (χ0v) is 32.2. The Balaban J connectivity index is 1.14. The number of hydrogen-bond acceptors (Lipinski definition) is 2. The van der Waals surface area contributed by atoms with Crippen LogP contribution >= 0.6 is 0 Å². The minimum absolute atomic E-state index is 0.235. The molecule has 1 aliphatic rings. The number of benzene rings is 9. The Morgan fingerprint density at radius 1 is 0.368 bits per heavy atom. The van der Waals surface area contributed by atoms with Crippen LogP contribution in [0, 0.1) is 0 Å². The summed E-state index contributed by atoms with van der Waals surface area (Å²) in [6, 6.07) is 79.3. The third-order valence-corrected chi connectivity index (χ3v) is 11.6. The van der Waals surface area contributed by atoms with Gasteiger partial charge in [-0.2, -0.15) is 0 Å². The molecule has 1 aliphatic heterocycles. The first kappa shape index (κ1) is 34.3. The highest BCUT2D eigenvalue weighted by molar-refractivity contribution is 6.08. The van der Waals surface area contributed by atoms with Crippen molar-refractivity contribution in [3.8, 4) is 33.4 Å². The SMILES string of the molecule is CC1(C)c2ccccc2N(c2c(-c3ccc(N(c4ccccc4)c4ccc(-c5ccccc5)cc4)cc3)ccc3ccccc23)c2cccc(-c3ccccc3)c21. The largest absolute Gasteiger partial charge is 0.311 e. The van der Waals surface area contributed by atoms with Gasteiger partial charge in [0.2, 0.25) is 0 Å². The molecule has 0 atom stereocenters. The van der Waals surface area contributed by atoms with E-state index in [9.17, 15) is 0 Å². The lowest BCUT2D eigenvalue weighted by Crippen LogP contribution is -2.31. The fraction of sp³-hybridized carbons (Fsp3) is 0.0545. The molecule has 2 nitrogen and oxygen atoms in total. The van der Waals surface area contributed by atoms with Crippen molar-refractivity contribution in [1.29, 1.82) is 0 Å². The molecule has 0 N–H and O–H groups in total. The topological polar surface area (TPSA) is 6.48 Å². The molecule has 0 amide bonds. The van der Waals surface area contributed by atoms with Crippen LogP contribution in [0.2, 0.25) is 0 Å². The Morgan fingerprint density at radius 2 is 0.877 bits per heavy atom. The maximum absolute atomic E-state index is 2.54. The van der Waals surface area contributed by atoms with E-state index in [0.29, 0.717) is 0 Å². The van der Waals surface area contributed by atoms with Crippen molar-refractivity contribution in [3.63, 3.8) is 0 Å². The molecule has 10 rings (SSSR count). The van der Waals surface area contributed by atoms with Gasteiger partial charge in [0.15, 0.2) is 0 Å². The molecule has 0 aliphatic carbocycles. The molecule has 0 saturated heterocycles. The quantitative estimate of drug-likeness (QED) is 0.161. The second-order valence-corrected chi connectivity index (χ2v) is 15.4. The minimum atomic E-state index is -0.235. The van der Waals surface area contributed by atoms with Crippen LogP contribution < -0.4 is 9.80 Å². The smallest absolute Gasteiger partial charge is 0.0618 e. The van der Waals surface area contributed by atoms with Crippen molar-refractivity contribution < 1.29 is 0 Å². The minimum Gasteiger partial charge on any atom is -0.311 e. The van der Waals surface area contributed by atoms with Crippen LogP contribution in [-0.4, -0.2) is 0 Å². The molecule has 9 aromatic rings. The summed E-state index contributed by atoms with van der Waals surface area (Å²) >= 11 is 0. The van der Waals surface area contributed by atoms with Gasteiger partial charge in [-0.25, -0.2) is 0 Å². The average Bonchev–Trinajstić information content (AvgIpc) is 3.28. The summed E-state index contributed by atoms with van der Waals surface area (Å²) in [6.07, 6.45) is 0. The van der Waals surface area contributed by atoms with E-state index in [1.807, 2.05) is 0 Å². The predicted molar refractivity (Wildman–Crippen MR) is 242 cm³/mol. The first-order valence-electron chi connectivity index (χ1n) is 19.8. The van der Waals surface area contributed by atoms with Crippen molar-refractivity contribution in [2.24, 2.45) is 0 Å². The molecule has 0 radical (unpaired) electrons. The molecule has 1 heterocycles. The summed E-state index contributed by atoms with van der Waals surface area (Å²) in [5.41, 5.74) is 16.6. The van der Waals surface area contributed by atoms with Gasteiger partial charge >= 0.3 is 0 Å². The summed E-state index contributed by atoms with van der Waals surface area (Å²) in [4.78, 5) is 4.88. The van der Waals surface area contributed by atoms with Crippen molar-refractivity contribution in [2.75, 3.05) is 9.80 Å². The molecular weight excluding hydrogens is 689 g/mol. The van der Waals surface area contributed by atoms with Crippen LogP contribution in [0.15, 0.2) is 218 Å². The first-order chi connectivity index (χ1) is 28.1. The van der Waals surface area contributed by atoms with Crippen LogP contribution in [0.25, 0.3) is 44.2 Å². The van der Waals surface area contributed by atoms with E-state index in [4.69, 9.17) is 0 Å². The van der Waals surface area contributed by atoms with Crippen LogP contribution in [0.1, 0.15) is 25.0 Å². The van der Waals surface area contributed by atoms with Gasteiger partial charge in [-0.15, -0.1) is 0 Å². The summed E-state index contributed by atoms with van der Waals surface area (Å²) in [5, 5.41) is 2.43. The van der Waals surface area contributed by atoms with Gasteiger partial charge in [-0.3, -0.25) is 0 Å². The van der Waals surface area contributed by atoms with Crippen LogP contribution in [0.3, 0.4) is 0 Å². The molecular formula is C55H42N2. The number of para-hydroxylation sites is 2. The molecule has 0 fully saturated rings. The maximum atomic E-state index is 2.54. The Bertz CT molecular complexity index is 2840. The average molecular weight is 731 g/mol. The summed E-state index contributed by atoms with van der Waals surface area (Å²) in [6.45, 7) is 4.76. The van der Waals surface area contributed by atoms with Gasteiger partial charge in [0.1, 0.15) is 0 Å². The zero-order valence-electron chi connectivity index (χ0n) is 32.2.